The fourth-order valence-corrected chi connectivity index (χ4v) is 2.31. The van der Waals surface area contributed by atoms with Crippen molar-refractivity contribution in [2.75, 3.05) is 20.3 Å². The monoisotopic (exact) mass is 266 g/mol. The molecule has 0 amide bonds. The molecule has 0 unspecified atom stereocenters. The van der Waals surface area contributed by atoms with E-state index < -0.39 is 5.97 Å². The second-order valence-corrected chi connectivity index (χ2v) is 4.53. The van der Waals surface area contributed by atoms with Crippen LogP contribution >= 0.6 is 11.6 Å². The first-order valence-corrected chi connectivity index (χ1v) is 5.91. The quantitative estimate of drug-likeness (QED) is 0.781. The van der Waals surface area contributed by atoms with Crippen LogP contribution < -0.4 is 0 Å². The SMILES string of the molecule is COC(=O)c1cn(C2COC2)c2nccc(Cl)c12. The number of aromatic nitrogens is 2. The smallest absolute Gasteiger partial charge is 0.340 e. The molecular weight excluding hydrogens is 256 g/mol. The van der Waals surface area contributed by atoms with Crippen molar-refractivity contribution >= 4 is 28.6 Å². The van der Waals surface area contributed by atoms with E-state index in [4.69, 9.17) is 21.1 Å². The van der Waals surface area contributed by atoms with Crippen LogP contribution in [0.25, 0.3) is 11.0 Å². The summed E-state index contributed by atoms with van der Waals surface area (Å²) in [6.07, 6.45) is 3.37. The number of esters is 1. The number of rotatable bonds is 2. The highest BCUT2D eigenvalue weighted by atomic mass is 35.5. The Balaban J connectivity index is 2.25. The van der Waals surface area contributed by atoms with Crippen molar-refractivity contribution in [3.63, 3.8) is 0 Å². The van der Waals surface area contributed by atoms with E-state index in [1.54, 1.807) is 18.5 Å². The fourth-order valence-electron chi connectivity index (χ4n) is 2.06. The second-order valence-electron chi connectivity index (χ2n) is 4.12. The molecule has 1 aliphatic rings. The van der Waals surface area contributed by atoms with Gasteiger partial charge < -0.3 is 14.0 Å². The predicted molar refractivity (Wildman–Crippen MR) is 65.9 cm³/mol. The molecule has 5 nitrogen and oxygen atoms in total. The molecule has 6 heteroatoms. The molecule has 0 spiro atoms. The van der Waals surface area contributed by atoms with E-state index in [0.29, 0.717) is 34.8 Å². The largest absolute Gasteiger partial charge is 0.465 e. The molecule has 3 rings (SSSR count). The molecule has 1 fully saturated rings. The number of pyridine rings is 1. The van der Waals surface area contributed by atoms with Gasteiger partial charge in [0, 0.05) is 12.4 Å². The van der Waals surface area contributed by atoms with Crippen LogP contribution in [0.5, 0.6) is 0 Å². The molecule has 2 aromatic rings. The van der Waals surface area contributed by atoms with Crippen LogP contribution in [0.4, 0.5) is 0 Å². The molecule has 0 aromatic carbocycles. The van der Waals surface area contributed by atoms with Gasteiger partial charge in [-0.3, -0.25) is 0 Å². The lowest BCUT2D eigenvalue weighted by molar-refractivity contribution is -0.0216. The lowest BCUT2D eigenvalue weighted by Crippen LogP contribution is -2.30. The molecule has 3 heterocycles. The third-order valence-electron chi connectivity index (χ3n) is 3.08. The molecule has 94 valence electrons. The Bertz CT molecular complexity index is 619. The van der Waals surface area contributed by atoms with Gasteiger partial charge in [0.05, 0.1) is 42.3 Å². The normalized spacial score (nSPS) is 15.7. The lowest BCUT2D eigenvalue weighted by Gasteiger charge is -2.27. The standard InChI is InChI=1S/C12H11ClN2O3/c1-17-12(16)8-4-15(7-5-18-6-7)11-10(8)9(13)2-3-14-11/h2-4,7H,5-6H2,1H3. The maximum absolute atomic E-state index is 11.8. The summed E-state index contributed by atoms with van der Waals surface area (Å²) in [5.41, 5.74) is 1.13. The fraction of sp³-hybridized carbons (Fsp3) is 0.333. The van der Waals surface area contributed by atoms with Crippen molar-refractivity contribution in [2.45, 2.75) is 6.04 Å². The minimum Gasteiger partial charge on any atom is -0.465 e. The van der Waals surface area contributed by atoms with Gasteiger partial charge in [0.25, 0.3) is 0 Å². The van der Waals surface area contributed by atoms with Crippen LogP contribution in [0.1, 0.15) is 16.4 Å². The first kappa shape index (κ1) is 11.5. The van der Waals surface area contributed by atoms with E-state index in [9.17, 15) is 4.79 Å². The minimum absolute atomic E-state index is 0.205. The van der Waals surface area contributed by atoms with Crippen LogP contribution in [0.3, 0.4) is 0 Å². The molecule has 0 aliphatic carbocycles. The van der Waals surface area contributed by atoms with Crippen LogP contribution in [0, 0.1) is 0 Å². The number of carbonyl (C=O) groups excluding carboxylic acids is 1. The Morgan fingerprint density at radius 2 is 2.39 bits per heavy atom. The molecule has 0 atom stereocenters. The Morgan fingerprint density at radius 1 is 1.61 bits per heavy atom. The van der Waals surface area contributed by atoms with Gasteiger partial charge in [0.15, 0.2) is 0 Å². The van der Waals surface area contributed by atoms with E-state index in [-0.39, 0.29) is 6.04 Å². The molecule has 2 aromatic heterocycles. The molecule has 1 aliphatic heterocycles. The summed E-state index contributed by atoms with van der Waals surface area (Å²) in [5, 5.41) is 1.14. The van der Waals surface area contributed by atoms with Gasteiger partial charge in [0.2, 0.25) is 0 Å². The van der Waals surface area contributed by atoms with E-state index in [0.717, 1.165) is 0 Å². The highest BCUT2D eigenvalue weighted by Crippen LogP contribution is 2.31. The highest BCUT2D eigenvalue weighted by Gasteiger charge is 2.26. The molecule has 0 saturated carbocycles. The van der Waals surface area contributed by atoms with E-state index in [1.807, 2.05) is 4.57 Å². The van der Waals surface area contributed by atoms with Gasteiger partial charge >= 0.3 is 5.97 Å². The van der Waals surface area contributed by atoms with Gasteiger partial charge in [-0.1, -0.05) is 11.6 Å². The molecular formula is C12H11ClN2O3. The van der Waals surface area contributed by atoms with Crippen molar-refractivity contribution < 1.29 is 14.3 Å². The van der Waals surface area contributed by atoms with Crippen LogP contribution in [0.2, 0.25) is 5.02 Å². The van der Waals surface area contributed by atoms with Crippen LogP contribution in [-0.4, -0.2) is 35.8 Å². The average molecular weight is 267 g/mol. The Morgan fingerprint density at radius 3 is 3.00 bits per heavy atom. The van der Waals surface area contributed by atoms with Gasteiger partial charge in [-0.15, -0.1) is 0 Å². The minimum atomic E-state index is -0.408. The third kappa shape index (κ3) is 1.59. The third-order valence-corrected chi connectivity index (χ3v) is 3.40. The number of ether oxygens (including phenoxy) is 2. The summed E-state index contributed by atoms with van der Waals surface area (Å²) in [6.45, 7) is 1.25. The van der Waals surface area contributed by atoms with Crippen molar-refractivity contribution in [1.82, 2.24) is 9.55 Å². The zero-order valence-corrected chi connectivity index (χ0v) is 10.5. The first-order chi connectivity index (χ1) is 8.72. The van der Waals surface area contributed by atoms with Gasteiger partial charge in [-0.05, 0) is 6.07 Å². The Kier molecular flexibility index (Phi) is 2.72. The number of carbonyl (C=O) groups is 1. The number of methoxy groups -OCH3 is 1. The number of halogens is 1. The molecule has 18 heavy (non-hydrogen) atoms. The molecule has 0 N–H and O–H groups in total. The van der Waals surface area contributed by atoms with E-state index >= 15 is 0 Å². The zero-order chi connectivity index (χ0) is 12.7. The summed E-state index contributed by atoms with van der Waals surface area (Å²) in [5.74, 6) is -0.408. The van der Waals surface area contributed by atoms with Crippen LogP contribution in [0.15, 0.2) is 18.5 Å². The lowest BCUT2D eigenvalue weighted by atomic mass is 10.2. The highest BCUT2D eigenvalue weighted by molar-refractivity contribution is 6.36. The number of nitrogens with zero attached hydrogens (tertiary/aromatic N) is 2. The number of hydrogen-bond donors (Lipinski definition) is 0. The van der Waals surface area contributed by atoms with E-state index in [1.165, 1.54) is 7.11 Å². The predicted octanol–water partition coefficient (Wildman–Crippen LogP) is 2.05. The first-order valence-electron chi connectivity index (χ1n) is 5.53. The summed E-state index contributed by atoms with van der Waals surface area (Å²) in [7, 11) is 1.35. The van der Waals surface area contributed by atoms with Gasteiger partial charge in [-0.2, -0.15) is 0 Å². The molecule has 1 saturated heterocycles. The van der Waals surface area contributed by atoms with Crippen molar-refractivity contribution in [1.29, 1.82) is 0 Å². The zero-order valence-electron chi connectivity index (χ0n) is 9.72. The van der Waals surface area contributed by atoms with Gasteiger partial charge in [0.1, 0.15) is 5.65 Å². The van der Waals surface area contributed by atoms with Crippen molar-refractivity contribution in [3.8, 4) is 0 Å². The number of hydrogen-bond acceptors (Lipinski definition) is 4. The van der Waals surface area contributed by atoms with E-state index in [2.05, 4.69) is 4.98 Å². The molecule has 0 radical (unpaired) electrons. The summed E-state index contributed by atoms with van der Waals surface area (Å²) >= 11 is 6.15. The van der Waals surface area contributed by atoms with Crippen LogP contribution in [-0.2, 0) is 9.47 Å². The Labute approximate surface area is 108 Å². The molecule has 0 bridgehead atoms. The van der Waals surface area contributed by atoms with Gasteiger partial charge in [-0.25, -0.2) is 9.78 Å². The summed E-state index contributed by atoms with van der Waals surface area (Å²) < 4.78 is 11.9. The topological polar surface area (TPSA) is 53.4 Å². The Hall–Kier alpha value is -1.59. The summed E-state index contributed by atoms with van der Waals surface area (Å²) in [4.78, 5) is 16.1. The van der Waals surface area contributed by atoms with Crippen molar-refractivity contribution in [2.24, 2.45) is 0 Å². The average Bonchev–Trinajstić information content (AvgIpc) is 2.67. The van der Waals surface area contributed by atoms with Crippen molar-refractivity contribution in [3.05, 3.63) is 29.0 Å². The summed E-state index contributed by atoms with van der Waals surface area (Å²) in [6, 6.07) is 1.87. The number of fused-ring (bicyclic) bond motifs is 1. The maximum Gasteiger partial charge on any atom is 0.340 e. The second kappa shape index (κ2) is 4.26. The maximum atomic E-state index is 11.8.